The highest BCUT2D eigenvalue weighted by atomic mass is 16.4. The number of benzene rings is 1. The molecule has 0 saturated heterocycles. The van der Waals surface area contributed by atoms with Gasteiger partial charge in [-0.25, -0.2) is 0 Å². The van der Waals surface area contributed by atoms with E-state index in [1.165, 1.54) is 11.0 Å². The minimum atomic E-state index is -0.985. The molecule has 1 aliphatic carbocycles. The Balaban J connectivity index is 2.01. The van der Waals surface area contributed by atoms with Gasteiger partial charge in [0.25, 0.3) is 0 Å². The molecule has 0 bridgehead atoms. The number of amides is 1. The molecule has 0 aromatic heterocycles. The number of carbonyl (C=O) groups is 2. The van der Waals surface area contributed by atoms with Crippen LogP contribution in [0.3, 0.4) is 0 Å². The van der Waals surface area contributed by atoms with Crippen molar-refractivity contribution in [3.63, 3.8) is 0 Å². The van der Waals surface area contributed by atoms with Crippen molar-refractivity contribution in [2.75, 3.05) is 12.3 Å². The summed E-state index contributed by atoms with van der Waals surface area (Å²) in [6, 6.07) is 7.19. The normalized spacial score (nSPS) is 14.5. The minimum Gasteiger partial charge on any atom is -0.480 e. The molecule has 100 valence electrons. The quantitative estimate of drug-likeness (QED) is 0.618. The number of hydrogen-bond donors (Lipinski definition) is 2. The Bertz CT molecular complexity index is 504. The standard InChI is InChI=1S/C14H16N2O3/c15-11-4-1-10(2-5-11)3-8-13(17)16(9-14(18)19)12-6-7-12/h1-5,8,12H,6-7,9,15H2,(H,18,19)/b8-3+. The van der Waals surface area contributed by atoms with E-state index >= 15 is 0 Å². The van der Waals surface area contributed by atoms with Crippen molar-refractivity contribution in [1.29, 1.82) is 0 Å². The molecule has 1 aliphatic rings. The zero-order chi connectivity index (χ0) is 13.8. The first-order valence-electron chi connectivity index (χ1n) is 6.12. The van der Waals surface area contributed by atoms with Gasteiger partial charge in [0.1, 0.15) is 6.54 Å². The third-order valence-electron chi connectivity index (χ3n) is 2.93. The zero-order valence-electron chi connectivity index (χ0n) is 10.5. The fraction of sp³-hybridized carbons (Fsp3) is 0.286. The second kappa shape index (κ2) is 5.56. The predicted octanol–water partition coefficient (Wildman–Crippen LogP) is 1.36. The number of carboxylic acid groups (broad SMARTS) is 1. The lowest BCUT2D eigenvalue weighted by Gasteiger charge is -2.17. The fourth-order valence-corrected chi connectivity index (χ4v) is 1.79. The molecule has 19 heavy (non-hydrogen) atoms. The number of nitrogens with zero attached hydrogens (tertiary/aromatic N) is 1. The van der Waals surface area contributed by atoms with Crippen LogP contribution in [0.5, 0.6) is 0 Å². The summed E-state index contributed by atoms with van der Waals surface area (Å²) < 4.78 is 0. The number of carboxylic acids is 1. The van der Waals surface area contributed by atoms with E-state index in [0.29, 0.717) is 5.69 Å². The number of rotatable bonds is 5. The van der Waals surface area contributed by atoms with Gasteiger partial charge in [0.15, 0.2) is 0 Å². The Hall–Kier alpha value is -2.30. The van der Waals surface area contributed by atoms with Gasteiger partial charge in [0, 0.05) is 17.8 Å². The second-order valence-corrected chi connectivity index (χ2v) is 4.59. The van der Waals surface area contributed by atoms with E-state index in [2.05, 4.69) is 0 Å². The largest absolute Gasteiger partial charge is 0.480 e. The molecule has 0 unspecified atom stereocenters. The number of aliphatic carboxylic acids is 1. The van der Waals surface area contributed by atoms with Crippen molar-refractivity contribution in [3.8, 4) is 0 Å². The van der Waals surface area contributed by atoms with Crippen LogP contribution in [0.1, 0.15) is 18.4 Å². The average molecular weight is 260 g/mol. The fourth-order valence-electron chi connectivity index (χ4n) is 1.79. The lowest BCUT2D eigenvalue weighted by atomic mass is 10.2. The van der Waals surface area contributed by atoms with Gasteiger partial charge in [-0.2, -0.15) is 0 Å². The molecule has 0 heterocycles. The Morgan fingerprint density at radius 2 is 1.95 bits per heavy atom. The summed E-state index contributed by atoms with van der Waals surface area (Å²) in [5, 5.41) is 8.79. The Morgan fingerprint density at radius 1 is 1.32 bits per heavy atom. The molecule has 1 amide bonds. The highest BCUT2D eigenvalue weighted by Crippen LogP contribution is 2.26. The van der Waals surface area contributed by atoms with Crippen molar-refractivity contribution in [2.24, 2.45) is 0 Å². The van der Waals surface area contributed by atoms with Crippen LogP contribution in [0.2, 0.25) is 0 Å². The molecular formula is C14H16N2O3. The van der Waals surface area contributed by atoms with Gasteiger partial charge in [0.05, 0.1) is 0 Å². The lowest BCUT2D eigenvalue weighted by Crippen LogP contribution is -2.36. The van der Waals surface area contributed by atoms with Gasteiger partial charge in [-0.1, -0.05) is 12.1 Å². The van der Waals surface area contributed by atoms with Crippen LogP contribution in [0.15, 0.2) is 30.3 Å². The van der Waals surface area contributed by atoms with Crippen molar-refractivity contribution in [3.05, 3.63) is 35.9 Å². The molecule has 5 heteroatoms. The van der Waals surface area contributed by atoms with Crippen molar-refractivity contribution >= 4 is 23.6 Å². The third kappa shape index (κ3) is 3.84. The number of anilines is 1. The highest BCUT2D eigenvalue weighted by Gasteiger charge is 2.32. The molecule has 0 radical (unpaired) electrons. The van der Waals surface area contributed by atoms with Crippen LogP contribution in [0.25, 0.3) is 6.08 Å². The van der Waals surface area contributed by atoms with Crippen LogP contribution in [-0.4, -0.2) is 34.5 Å². The van der Waals surface area contributed by atoms with E-state index in [1.807, 2.05) is 0 Å². The van der Waals surface area contributed by atoms with Gasteiger partial charge >= 0.3 is 5.97 Å². The maximum absolute atomic E-state index is 12.0. The van der Waals surface area contributed by atoms with Crippen LogP contribution in [-0.2, 0) is 9.59 Å². The van der Waals surface area contributed by atoms with Gasteiger partial charge < -0.3 is 15.7 Å². The SMILES string of the molecule is Nc1ccc(/C=C/C(=O)N(CC(=O)O)C2CC2)cc1. The minimum absolute atomic E-state index is 0.0830. The number of carbonyl (C=O) groups excluding carboxylic acids is 1. The molecule has 1 aromatic rings. The summed E-state index contributed by atoms with van der Waals surface area (Å²) in [6.07, 6.45) is 4.84. The number of nitrogens with two attached hydrogens (primary N) is 1. The molecule has 0 aliphatic heterocycles. The maximum atomic E-state index is 12.0. The van der Waals surface area contributed by atoms with Crippen molar-refractivity contribution < 1.29 is 14.7 Å². The summed E-state index contributed by atoms with van der Waals surface area (Å²) in [4.78, 5) is 24.1. The van der Waals surface area contributed by atoms with Crippen molar-refractivity contribution in [2.45, 2.75) is 18.9 Å². The monoisotopic (exact) mass is 260 g/mol. The number of nitrogen functional groups attached to an aromatic ring is 1. The van der Waals surface area contributed by atoms with Crippen LogP contribution >= 0.6 is 0 Å². The van der Waals surface area contributed by atoms with E-state index in [9.17, 15) is 9.59 Å². The molecular weight excluding hydrogens is 244 g/mol. The van der Waals surface area contributed by atoms with E-state index in [0.717, 1.165) is 18.4 Å². The Labute approximate surface area is 111 Å². The maximum Gasteiger partial charge on any atom is 0.323 e. The van der Waals surface area contributed by atoms with Crippen LogP contribution in [0, 0.1) is 0 Å². The summed E-state index contributed by atoms with van der Waals surface area (Å²) in [5.41, 5.74) is 7.09. The van der Waals surface area contributed by atoms with Crippen LogP contribution in [0.4, 0.5) is 5.69 Å². The van der Waals surface area contributed by atoms with Crippen molar-refractivity contribution in [1.82, 2.24) is 4.90 Å². The molecule has 5 nitrogen and oxygen atoms in total. The van der Waals surface area contributed by atoms with Gasteiger partial charge in [0.2, 0.25) is 5.91 Å². The Morgan fingerprint density at radius 3 is 2.47 bits per heavy atom. The summed E-state index contributed by atoms with van der Waals surface area (Å²) in [7, 11) is 0. The highest BCUT2D eigenvalue weighted by molar-refractivity contribution is 5.94. The molecule has 2 rings (SSSR count). The predicted molar refractivity (Wildman–Crippen MR) is 72.3 cm³/mol. The molecule has 1 fully saturated rings. The van der Waals surface area contributed by atoms with Gasteiger partial charge in [-0.3, -0.25) is 9.59 Å². The van der Waals surface area contributed by atoms with E-state index < -0.39 is 5.97 Å². The van der Waals surface area contributed by atoms with E-state index in [4.69, 9.17) is 10.8 Å². The first-order chi connectivity index (χ1) is 9.06. The topological polar surface area (TPSA) is 83.6 Å². The molecule has 1 saturated carbocycles. The lowest BCUT2D eigenvalue weighted by molar-refractivity contribution is -0.143. The molecule has 0 spiro atoms. The first-order valence-corrected chi connectivity index (χ1v) is 6.12. The van der Waals surface area contributed by atoms with E-state index in [1.54, 1.807) is 30.3 Å². The summed E-state index contributed by atoms with van der Waals surface area (Å²) >= 11 is 0. The first kappa shape index (κ1) is 13.1. The summed E-state index contributed by atoms with van der Waals surface area (Å²) in [5.74, 6) is -1.25. The van der Waals surface area contributed by atoms with Gasteiger partial charge in [-0.05, 0) is 36.6 Å². The van der Waals surface area contributed by atoms with Gasteiger partial charge in [-0.15, -0.1) is 0 Å². The Kier molecular flexibility index (Phi) is 3.85. The number of hydrogen-bond acceptors (Lipinski definition) is 3. The average Bonchev–Trinajstić information content (AvgIpc) is 3.19. The van der Waals surface area contributed by atoms with Crippen LogP contribution < -0.4 is 5.73 Å². The smallest absolute Gasteiger partial charge is 0.323 e. The second-order valence-electron chi connectivity index (χ2n) is 4.59. The summed E-state index contributed by atoms with van der Waals surface area (Å²) in [6.45, 7) is -0.240. The molecule has 0 atom stereocenters. The third-order valence-corrected chi connectivity index (χ3v) is 2.93. The van der Waals surface area contributed by atoms with E-state index in [-0.39, 0.29) is 18.5 Å². The zero-order valence-corrected chi connectivity index (χ0v) is 10.5. The molecule has 1 aromatic carbocycles. The molecule has 3 N–H and O–H groups in total.